The van der Waals surface area contributed by atoms with Crippen molar-refractivity contribution in [1.82, 2.24) is 0 Å². The van der Waals surface area contributed by atoms with E-state index in [-0.39, 0.29) is 24.0 Å². The maximum atomic E-state index is 10.7. The van der Waals surface area contributed by atoms with Gasteiger partial charge in [0.1, 0.15) is 0 Å². The second-order valence-electron chi connectivity index (χ2n) is 11.6. The Kier molecular flexibility index (Phi) is 13.4. The molecule has 1 rings (SSSR count). The van der Waals surface area contributed by atoms with Crippen LogP contribution in [0.3, 0.4) is 0 Å². The second kappa shape index (κ2) is 13.7. The molecule has 0 aromatic rings. The van der Waals surface area contributed by atoms with Crippen molar-refractivity contribution in [3.8, 4) is 0 Å². The summed E-state index contributed by atoms with van der Waals surface area (Å²) in [5.41, 5.74) is -0.292. The van der Waals surface area contributed by atoms with E-state index < -0.39 is 63.3 Å². The largest absolute Gasteiger partial charge is 0.478 e. The summed E-state index contributed by atoms with van der Waals surface area (Å²) in [5, 5.41) is 17.5. The molecule has 0 aromatic heterocycles. The number of rotatable bonds is 6. The van der Waals surface area contributed by atoms with Gasteiger partial charge in [-0.15, -0.1) is 13.2 Å². The Hall–Kier alpha value is -0.779. The van der Waals surface area contributed by atoms with Gasteiger partial charge in [-0.05, 0) is 91.4 Å². The maximum Gasteiger partial charge on any atom is 0.332 e. The van der Waals surface area contributed by atoms with Gasteiger partial charge in [-0.2, -0.15) is 0 Å². The van der Waals surface area contributed by atoms with Gasteiger partial charge in [0.15, 0.2) is 0 Å². The van der Waals surface area contributed by atoms with Crippen molar-refractivity contribution in [2.24, 2.45) is 0 Å². The highest BCUT2D eigenvalue weighted by Gasteiger charge is 2.51. The number of carboxylic acid groups (broad SMARTS) is 2. The van der Waals surface area contributed by atoms with E-state index in [0.29, 0.717) is 0 Å². The maximum absolute atomic E-state index is 10.7. The Labute approximate surface area is 235 Å². The van der Waals surface area contributed by atoms with Crippen LogP contribution in [-0.2, 0) is 34.3 Å². The molecular weight excluding hydrogens is 593 g/mol. The van der Waals surface area contributed by atoms with Crippen molar-refractivity contribution in [3.05, 3.63) is 36.5 Å². The summed E-state index contributed by atoms with van der Waals surface area (Å²) in [6.45, 7) is 31.6. The number of allylic oxidation sites excluding steroid dienone is 2. The first-order valence-corrected chi connectivity index (χ1v) is 29.3. The number of aliphatic carboxylic acids is 2. The van der Waals surface area contributed by atoms with Crippen molar-refractivity contribution < 1.29 is 44.5 Å². The predicted molar refractivity (Wildman–Crippen MR) is 163 cm³/mol. The van der Waals surface area contributed by atoms with Crippen molar-refractivity contribution in [2.75, 3.05) is 0 Å². The van der Waals surface area contributed by atoms with Crippen molar-refractivity contribution in [1.29, 1.82) is 0 Å². The molecule has 0 aromatic carbocycles. The first kappa shape index (κ1) is 37.2. The number of hydrogen-bond donors (Lipinski definition) is 2. The summed E-state index contributed by atoms with van der Waals surface area (Å²) < 4.78 is 38.6. The molecule has 0 radical (unpaired) electrons. The van der Waals surface area contributed by atoms with Crippen LogP contribution in [0.1, 0.15) is 12.8 Å². The van der Waals surface area contributed by atoms with E-state index >= 15 is 0 Å². The minimum absolute atomic E-state index is 0.0325. The van der Waals surface area contributed by atoms with Gasteiger partial charge in [-0.3, -0.25) is 0 Å². The van der Waals surface area contributed by atoms with Crippen LogP contribution in [0.5, 0.6) is 0 Å². The van der Waals surface area contributed by atoms with E-state index in [9.17, 15) is 9.59 Å². The number of carbonyl (C=O) groups is 2. The van der Waals surface area contributed by atoms with Gasteiger partial charge in [0.05, 0.1) is 11.1 Å². The molecule has 220 valence electrons. The molecule has 1 saturated heterocycles. The highest BCUT2D eigenvalue weighted by atomic mass is 28.5. The minimum Gasteiger partial charge on any atom is -0.478 e. The lowest BCUT2D eigenvalue weighted by Gasteiger charge is -2.46. The zero-order chi connectivity index (χ0) is 30.4. The molecule has 0 amide bonds. The van der Waals surface area contributed by atoms with E-state index in [1.165, 1.54) is 12.2 Å². The van der Waals surface area contributed by atoms with E-state index in [0.717, 1.165) is 0 Å². The molecular formula is C22H48O10Si6. The molecule has 16 heteroatoms. The average Bonchev–Trinajstić information content (AvgIpc) is 2.57. The van der Waals surface area contributed by atoms with E-state index in [2.05, 4.69) is 91.7 Å². The van der Waals surface area contributed by atoms with Crippen LogP contribution in [0.15, 0.2) is 36.5 Å². The first-order chi connectivity index (χ1) is 16.8. The highest BCUT2D eigenvalue weighted by molar-refractivity contribution is 6.93. The van der Waals surface area contributed by atoms with Crippen LogP contribution in [0.25, 0.3) is 0 Å². The fraction of sp³-hybridized carbons (Fsp3) is 0.636. The van der Waals surface area contributed by atoms with Crippen LogP contribution in [-0.4, -0.2) is 73.5 Å². The third-order valence-electron chi connectivity index (χ3n) is 4.53. The Morgan fingerprint density at radius 3 is 0.763 bits per heavy atom. The first-order valence-electron chi connectivity index (χ1n) is 12.4. The van der Waals surface area contributed by atoms with Crippen LogP contribution in [0, 0.1) is 0 Å². The molecule has 0 spiro atoms. The molecule has 1 heterocycles. The summed E-state index contributed by atoms with van der Waals surface area (Å²) in [6.07, 6.45) is 2.78. The molecule has 0 saturated carbocycles. The zero-order valence-electron chi connectivity index (χ0n) is 25.1. The molecule has 1 aliphatic rings. The fourth-order valence-corrected chi connectivity index (χ4v) is 36.3. The molecule has 0 atom stereocenters. The summed E-state index contributed by atoms with van der Waals surface area (Å²) in [6, 6.07) is 0. The van der Waals surface area contributed by atoms with Crippen LogP contribution in [0.4, 0.5) is 0 Å². The smallest absolute Gasteiger partial charge is 0.332 e. The quantitative estimate of drug-likeness (QED) is 0.205. The van der Waals surface area contributed by atoms with E-state index in [4.69, 9.17) is 34.9 Å². The lowest BCUT2D eigenvalue weighted by atomic mass is 10.0. The molecule has 2 N–H and O–H groups in total. The number of hydrogen-bond acceptors (Lipinski definition) is 8. The number of carboxylic acids is 2. The van der Waals surface area contributed by atoms with Crippen molar-refractivity contribution in [3.63, 3.8) is 0 Å². The van der Waals surface area contributed by atoms with Gasteiger partial charge in [0.2, 0.25) is 0 Å². The Balaban J connectivity index is 0.000000835. The Morgan fingerprint density at radius 2 is 0.658 bits per heavy atom. The zero-order valence-corrected chi connectivity index (χ0v) is 31.1. The van der Waals surface area contributed by atoms with Gasteiger partial charge in [-0.25, -0.2) is 9.59 Å². The molecule has 0 bridgehead atoms. The summed E-state index contributed by atoms with van der Waals surface area (Å²) in [5.74, 6) is -2.46. The topological polar surface area (TPSA) is 130 Å². The standard InChI is InChI=1S/C12H36O6Si6.C10H12O4/c1-19(2)13-20(3,4)15-22(7,8)17-24(11,12)18-23(9,10)16-21(5,6)14-19;1-3-5-7(9(11)12)8(6-4-2)10(13)14/h1-12H3;3-4H,1-2,5-6H2,(H,11,12)(H,13,14)/b;8-7-. The van der Waals surface area contributed by atoms with Gasteiger partial charge >= 0.3 is 63.3 Å². The monoisotopic (exact) mass is 640 g/mol. The molecule has 0 aliphatic carbocycles. The molecule has 1 fully saturated rings. The minimum atomic E-state index is -2.38. The summed E-state index contributed by atoms with van der Waals surface area (Å²) in [4.78, 5) is 21.4. The lowest BCUT2D eigenvalue weighted by Crippen LogP contribution is -2.64. The third kappa shape index (κ3) is 14.6. The van der Waals surface area contributed by atoms with Crippen LogP contribution < -0.4 is 0 Å². The highest BCUT2D eigenvalue weighted by Crippen LogP contribution is 2.30. The molecule has 1 aliphatic heterocycles. The van der Waals surface area contributed by atoms with Crippen molar-refractivity contribution >= 4 is 63.3 Å². The summed E-state index contributed by atoms with van der Waals surface area (Å²) in [7, 11) is -14.3. The normalized spacial score (nSPS) is 24.1. The van der Waals surface area contributed by atoms with E-state index in [1.807, 2.05) is 0 Å². The van der Waals surface area contributed by atoms with Gasteiger partial charge in [-0.1, -0.05) is 12.2 Å². The van der Waals surface area contributed by atoms with Gasteiger partial charge < -0.3 is 34.9 Å². The lowest BCUT2D eigenvalue weighted by molar-refractivity contribution is -0.136. The van der Waals surface area contributed by atoms with E-state index in [1.54, 1.807) is 0 Å². The van der Waals surface area contributed by atoms with Crippen LogP contribution >= 0.6 is 0 Å². The SMILES string of the molecule is C=CC/C(C(=O)O)=C(\CC=C)C(=O)O.C[Si]1(C)O[Si](C)(C)O[Si](C)(C)O[Si](C)(C)O[Si](C)(C)O[Si](C)(C)O1. The molecule has 10 nitrogen and oxygen atoms in total. The Morgan fingerprint density at radius 1 is 0.500 bits per heavy atom. The average molecular weight is 641 g/mol. The Bertz CT molecular complexity index is 750. The summed E-state index contributed by atoms with van der Waals surface area (Å²) >= 11 is 0. The molecule has 38 heavy (non-hydrogen) atoms. The van der Waals surface area contributed by atoms with Gasteiger partial charge in [0, 0.05) is 0 Å². The van der Waals surface area contributed by atoms with Gasteiger partial charge in [0.25, 0.3) is 0 Å². The fourth-order valence-electron chi connectivity index (χ4n) is 4.64. The third-order valence-corrected chi connectivity index (χ3v) is 28.1. The van der Waals surface area contributed by atoms with Crippen molar-refractivity contribution in [2.45, 2.75) is 91.4 Å². The predicted octanol–water partition coefficient (Wildman–Crippen LogP) is 5.91. The second-order valence-corrected chi connectivity index (χ2v) is 33.3. The van der Waals surface area contributed by atoms with Crippen LogP contribution in [0.2, 0.25) is 78.6 Å². The molecule has 0 unspecified atom stereocenters.